The maximum atomic E-state index is 14.2. The molecule has 1 N–H and O–H groups in total. The molecular weight excluding hydrogens is 366 g/mol. The molecule has 0 unspecified atom stereocenters. The number of nitrogens with one attached hydrogen (secondary N) is 1. The molecule has 10 heteroatoms. The van der Waals surface area contributed by atoms with E-state index in [1.165, 1.54) is 6.07 Å². The van der Waals surface area contributed by atoms with Crippen LogP contribution in [0.15, 0.2) is 27.8 Å². The lowest BCUT2D eigenvalue weighted by atomic mass is 10.1. The molecule has 1 heterocycles. The van der Waals surface area contributed by atoms with Gasteiger partial charge >= 0.3 is 11.9 Å². The Morgan fingerprint density at radius 3 is 2.36 bits per heavy atom. The second kappa shape index (κ2) is 7.01. The van der Waals surface area contributed by atoms with E-state index in [2.05, 4.69) is 0 Å². The molecule has 0 saturated heterocycles. The fraction of sp³-hybridized carbons (Fsp3) is 0.333. The van der Waals surface area contributed by atoms with Crippen molar-refractivity contribution in [1.29, 1.82) is 0 Å². The third-order valence-corrected chi connectivity index (χ3v) is 3.78. The molecule has 136 valence electrons. The molecule has 0 atom stereocenters. The van der Waals surface area contributed by atoms with Crippen LogP contribution in [0.3, 0.4) is 0 Å². The minimum absolute atomic E-state index is 0.0967. The van der Waals surface area contributed by atoms with E-state index in [0.717, 1.165) is 6.07 Å². The molecule has 5 nitrogen and oxygen atoms in total. The molecule has 0 radical (unpaired) electrons. The molecular formula is C15H14ClF4N3O2. The first-order valence-electron chi connectivity index (χ1n) is 7.07. The van der Waals surface area contributed by atoms with Crippen LogP contribution in [0.5, 0.6) is 0 Å². The fourth-order valence-corrected chi connectivity index (χ4v) is 2.41. The van der Waals surface area contributed by atoms with Crippen molar-refractivity contribution in [1.82, 2.24) is 14.5 Å². The number of nitrogens with zero attached hydrogens (tertiary/aromatic N) is 2. The van der Waals surface area contributed by atoms with Crippen LogP contribution in [0, 0.1) is 5.82 Å². The summed E-state index contributed by atoms with van der Waals surface area (Å²) in [6, 6.07) is 2.31. The number of rotatable bonds is 4. The first-order chi connectivity index (χ1) is 11.5. The largest absolute Gasteiger partial charge is 0.431 e. The van der Waals surface area contributed by atoms with Gasteiger partial charge < -0.3 is 9.88 Å². The molecule has 0 fully saturated rings. The number of H-pyrrole nitrogens is 1. The second-order valence-corrected chi connectivity index (χ2v) is 6.02. The van der Waals surface area contributed by atoms with Gasteiger partial charge in [-0.1, -0.05) is 11.6 Å². The van der Waals surface area contributed by atoms with Gasteiger partial charge in [-0.15, -0.1) is 0 Å². The molecule has 0 aliphatic rings. The van der Waals surface area contributed by atoms with Gasteiger partial charge in [0.1, 0.15) is 11.5 Å². The first-order valence-corrected chi connectivity index (χ1v) is 7.45. The van der Waals surface area contributed by atoms with Crippen LogP contribution >= 0.6 is 11.6 Å². The molecule has 1 aromatic heterocycles. The molecule has 0 aliphatic heterocycles. The highest BCUT2D eigenvalue weighted by atomic mass is 35.5. The number of aromatic nitrogens is 2. The highest BCUT2D eigenvalue weighted by molar-refractivity contribution is 6.31. The van der Waals surface area contributed by atoms with Crippen molar-refractivity contribution in [3.63, 3.8) is 0 Å². The Labute approximate surface area is 144 Å². The number of benzene rings is 1. The Morgan fingerprint density at radius 1 is 1.20 bits per heavy atom. The van der Waals surface area contributed by atoms with Crippen LogP contribution < -0.4 is 11.2 Å². The molecule has 2 aromatic rings. The molecule has 0 amide bonds. The lowest BCUT2D eigenvalue weighted by molar-refractivity contribution is -0.141. The van der Waals surface area contributed by atoms with E-state index in [9.17, 15) is 27.2 Å². The van der Waals surface area contributed by atoms with Crippen LogP contribution in [0.2, 0.25) is 5.02 Å². The lowest BCUT2D eigenvalue weighted by Crippen LogP contribution is -2.36. The van der Waals surface area contributed by atoms with Crippen molar-refractivity contribution in [2.45, 2.75) is 12.6 Å². The minimum atomic E-state index is -4.90. The summed E-state index contributed by atoms with van der Waals surface area (Å²) in [5.41, 5.74) is -4.19. The molecule has 0 bridgehead atoms. The van der Waals surface area contributed by atoms with Crippen molar-refractivity contribution in [2.24, 2.45) is 0 Å². The third-order valence-electron chi connectivity index (χ3n) is 3.42. The predicted molar refractivity (Wildman–Crippen MR) is 84.9 cm³/mol. The van der Waals surface area contributed by atoms with Crippen LogP contribution in [0.1, 0.15) is 11.3 Å². The quantitative estimate of drug-likeness (QED) is 0.830. The standard InChI is InChI=1S/C15H14ClF4N3O2/c1-22(2)4-3-8-5-11(10(17)6-9(8)16)23-13(24)7-12(15(18,19)20)21-14(23)25/h5-7H,3-4H2,1-2H3,(H,21,25). The Bertz CT molecular complexity index is 872. The topological polar surface area (TPSA) is 58.1 Å². The minimum Gasteiger partial charge on any atom is -0.309 e. The molecule has 25 heavy (non-hydrogen) atoms. The van der Waals surface area contributed by atoms with Crippen LogP contribution in [-0.4, -0.2) is 35.1 Å². The average molecular weight is 380 g/mol. The summed E-state index contributed by atoms with van der Waals surface area (Å²) in [4.78, 5) is 27.3. The SMILES string of the molecule is CN(C)CCc1cc(-n2c(=O)cc(C(F)(F)F)[nH]c2=O)c(F)cc1Cl. The van der Waals surface area contributed by atoms with Gasteiger partial charge in [0, 0.05) is 17.6 Å². The van der Waals surface area contributed by atoms with Crippen molar-refractivity contribution in [3.05, 3.63) is 61.1 Å². The lowest BCUT2D eigenvalue weighted by Gasteiger charge is -2.14. The number of hydrogen-bond acceptors (Lipinski definition) is 3. The summed E-state index contributed by atoms with van der Waals surface area (Å²) in [5.74, 6) is -0.994. The number of alkyl halides is 3. The number of hydrogen-bond donors (Lipinski definition) is 1. The molecule has 1 aromatic carbocycles. The molecule has 0 spiro atoms. The van der Waals surface area contributed by atoms with E-state index in [4.69, 9.17) is 11.6 Å². The Hall–Kier alpha value is -2.13. The van der Waals surface area contributed by atoms with Crippen molar-refractivity contribution in [2.75, 3.05) is 20.6 Å². The summed E-state index contributed by atoms with van der Waals surface area (Å²) < 4.78 is 52.4. The Kier molecular flexibility index (Phi) is 5.38. The number of aromatic amines is 1. The summed E-state index contributed by atoms with van der Waals surface area (Å²) in [6.07, 6.45) is -4.50. The van der Waals surface area contributed by atoms with Gasteiger partial charge in [-0.2, -0.15) is 13.2 Å². The zero-order valence-corrected chi connectivity index (χ0v) is 14.0. The zero-order valence-electron chi connectivity index (χ0n) is 13.2. The summed E-state index contributed by atoms with van der Waals surface area (Å²) in [7, 11) is 3.62. The van der Waals surface area contributed by atoms with Gasteiger partial charge in [-0.3, -0.25) is 4.79 Å². The smallest absolute Gasteiger partial charge is 0.309 e. The second-order valence-electron chi connectivity index (χ2n) is 5.61. The molecule has 0 saturated carbocycles. The fourth-order valence-electron chi connectivity index (χ4n) is 2.16. The summed E-state index contributed by atoms with van der Waals surface area (Å²) in [5, 5.41) is 0.0967. The number of halogens is 5. The van der Waals surface area contributed by atoms with Crippen molar-refractivity contribution < 1.29 is 17.6 Å². The van der Waals surface area contributed by atoms with Crippen LogP contribution in [-0.2, 0) is 12.6 Å². The molecule has 0 aliphatic carbocycles. The Morgan fingerprint density at radius 2 is 1.84 bits per heavy atom. The van der Waals surface area contributed by atoms with E-state index in [1.54, 1.807) is 4.98 Å². The monoisotopic (exact) mass is 379 g/mol. The molecule has 2 rings (SSSR count). The summed E-state index contributed by atoms with van der Waals surface area (Å²) >= 11 is 5.96. The van der Waals surface area contributed by atoms with Gasteiger partial charge in [-0.05, 0) is 38.2 Å². The van der Waals surface area contributed by atoms with Crippen LogP contribution in [0.4, 0.5) is 17.6 Å². The van der Waals surface area contributed by atoms with Gasteiger partial charge in [0.15, 0.2) is 0 Å². The van der Waals surface area contributed by atoms with Gasteiger partial charge in [-0.25, -0.2) is 13.8 Å². The van der Waals surface area contributed by atoms with E-state index in [0.29, 0.717) is 23.1 Å². The zero-order chi connectivity index (χ0) is 18.9. The van der Waals surface area contributed by atoms with Crippen LogP contribution in [0.25, 0.3) is 5.69 Å². The average Bonchev–Trinajstić information content (AvgIpc) is 2.46. The van der Waals surface area contributed by atoms with E-state index in [1.807, 2.05) is 19.0 Å². The van der Waals surface area contributed by atoms with Crippen molar-refractivity contribution >= 4 is 11.6 Å². The maximum absolute atomic E-state index is 14.2. The first kappa shape index (κ1) is 19.2. The van der Waals surface area contributed by atoms with E-state index >= 15 is 0 Å². The highest BCUT2D eigenvalue weighted by Crippen LogP contribution is 2.26. The van der Waals surface area contributed by atoms with Gasteiger partial charge in [0.05, 0.1) is 5.69 Å². The third kappa shape index (κ3) is 4.29. The maximum Gasteiger partial charge on any atom is 0.431 e. The Balaban J connectivity index is 2.61. The van der Waals surface area contributed by atoms with E-state index < -0.39 is 34.6 Å². The predicted octanol–water partition coefficient (Wildman–Crippen LogP) is 2.44. The number of likely N-dealkylation sites (N-methyl/N-ethyl adjacent to an activating group) is 1. The normalized spacial score (nSPS) is 12.0. The van der Waals surface area contributed by atoms with Gasteiger partial charge in [0.25, 0.3) is 5.56 Å². The summed E-state index contributed by atoms with van der Waals surface area (Å²) in [6.45, 7) is 0.559. The van der Waals surface area contributed by atoms with Gasteiger partial charge in [0.2, 0.25) is 0 Å². The van der Waals surface area contributed by atoms with Crippen molar-refractivity contribution in [3.8, 4) is 5.69 Å². The van der Waals surface area contributed by atoms with E-state index in [-0.39, 0.29) is 11.1 Å². The highest BCUT2D eigenvalue weighted by Gasteiger charge is 2.33.